The number of nitrogen functional groups attached to an aromatic ring is 1. The van der Waals surface area contributed by atoms with Crippen molar-refractivity contribution in [3.63, 3.8) is 0 Å². The Hall–Kier alpha value is -0.650. The Morgan fingerprint density at radius 3 is 1.47 bits per heavy atom. The SMILES string of the molecule is Nc1ccc(OCCOCCOCCOCCOCCOCCCCCCI)cc1. The number of hydrogen-bond acceptors (Lipinski definition) is 7. The van der Waals surface area contributed by atoms with Crippen LogP contribution >= 0.6 is 22.6 Å². The molecular weight excluding hydrogens is 501 g/mol. The van der Waals surface area contributed by atoms with E-state index in [1.54, 1.807) is 0 Å². The predicted molar refractivity (Wildman–Crippen MR) is 128 cm³/mol. The zero-order valence-electron chi connectivity index (χ0n) is 18.0. The van der Waals surface area contributed by atoms with E-state index in [2.05, 4.69) is 22.6 Å². The molecule has 0 saturated heterocycles. The highest BCUT2D eigenvalue weighted by molar-refractivity contribution is 14.1. The molecule has 0 atom stereocenters. The van der Waals surface area contributed by atoms with E-state index >= 15 is 0 Å². The Bertz CT molecular complexity index is 477. The topological polar surface area (TPSA) is 81.4 Å². The number of anilines is 1. The Morgan fingerprint density at radius 1 is 0.533 bits per heavy atom. The smallest absolute Gasteiger partial charge is 0.119 e. The second-order valence-electron chi connectivity index (χ2n) is 6.58. The van der Waals surface area contributed by atoms with Crippen molar-refractivity contribution in [2.45, 2.75) is 25.7 Å². The fourth-order valence-electron chi connectivity index (χ4n) is 2.42. The van der Waals surface area contributed by atoms with Gasteiger partial charge in [0.15, 0.2) is 0 Å². The lowest BCUT2D eigenvalue weighted by atomic mass is 10.2. The van der Waals surface area contributed by atoms with Crippen molar-refractivity contribution in [2.24, 2.45) is 0 Å². The molecule has 0 unspecified atom stereocenters. The highest BCUT2D eigenvalue weighted by Crippen LogP contribution is 2.12. The summed E-state index contributed by atoms with van der Waals surface area (Å²) in [5.41, 5.74) is 6.34. The van der Waals surface area contributed by atoms with Crippen LogP contribution in [0.3, 0.4) is 0 Å². The normalized spacial score (nSPS) is 11.1. The number of hydrogen-bond donors (Lipinski definition) is 1. The molecule has 0 aliphatic carbocycles. The molecule has 0 heterocycles. The lowest BCUT2D eigenvalue weighted by Gasteiger charge is -2.09. The molecule has 7 nitrogen and oxygen atoms in total. The summed E-state index contributed by atoms with van der Waals surface area (Å²) in [4.78, 5) is 0. The zero-order chi connectivity index (χ0) is 21.5. The minimum Gasteiger partial charge on any atom is -0.491 e. The molecule has 2 N–H and O–H groups in total. The van der Waals surface area contributed by atoms with Gasteiger partial charge in [-0.15, -0.1) is 0 Å². The predicted octanol–water partition coefficient (Wildman–Crippen LogP) is 3.73. The van der Waals surface area contributed by atoms with Crippen LogP contribution in [0, 0.1) is 0 Å². The van der Waals surface area contributed by atoms with Gasteiger partial charge in [0.2, 0.25) is 0 Å². The second-order valence-corrected chi connectivity index (χ2v) is 7.66. The van der Waals surface area contributed by atoms with E-state index in [9.17, 15) is 0 Å². The largest absolute Gasteiger partial charge is 0.491 e. The fraction of sp³-hybridized carbons (Fsp3) is 0.727. The molecule has 1 aromatic carbocycles. The van der Waals surface area contributed by atoms with E-state index in [1.165, 1.54) is 23.7 Å². The first-order chi connectivity index (χ1) is 14.8. The maximum atomic E-state index is 5.62. The average Bonchev–Trinajstić information content (AvgIpc) is 2.76. The third-order valence-corrected chi connectivity index (χ3v) is 4.80. The van der Waals surface area contributed by atoms with E-state index in [0.29, 0.717) is 66.1 Å². The number of unbranched alkanes of at least 4 members (excludes halogenated alkanes) is 3. The third-order valence-electron chi connectivity index (χ3n) is 4.04. The summed E-state index contributed by atoms with van der Waals surface area (Å²) in [7, 11) is 0. The number of benzene rings is 1. The van der Waals surface area contributed by atoms with E-state index in [1.807, 2.05) is 24.3 Å². The first kappa shape index (κ1) is 27.4. The monoisotopic (exact) mass is 539 g/mol. The van der Waals surface area contributed by atoms with Crippen LogP contribution in [0.2, 0.25) is 0 Å². The molecule has 8 heteroatoms. The molecule has 0 saturated carbocycles. The van der Waals surface area contributed by atoms with E-state index < -0.39 is 0 Å². The van der Waals surface area contributed by atoms with Crippen molar-refractivity contribution in [2.75, 3.05) is 82.8 Å². The Balaban J connectivity index is 1.68. The van der Waals surface area contributed by atoms with Crippen LogP contribution in [0.4, 0.5) is 5.69 Å². The fourth-order valence-corrected chi connectivity index (χ4v) is 2.96. The molecule has 1 aromatic rings. The maximum Gasteiger partial charge on any atom is 0.119 e. The molecule has 0 fully saturated rings. The van der Waals surface area contributed by atoms with Gasteiger partial charge in [0.1, 0.15) is 12.4 Å². The van der Waals surface area contributed by atoms with Gasteiger partial charge in [0.05, 0.1) is 59.5 Å². The Morgan fingerprint density at radius 2 is 0.967 bits per heavy atom. The molecule has 0 aromatic heterocycles. The first-order valence-electron chi connectivity index (χ1n) is 10.8. The lowest BCUT2D eigenvalue weighted by Crippen LogP contribution is -2.14. The highest BCUT2D eigenvalue weighted by atomic mass is 127. The van der Waals surface area contributed by atoms with Gasteiger partial charge in [-0.2, -0.15) is 0 Å². The van der Waals surface area contributed by atoms with Gasteiger partial charge in [0.25, 0.3) is 0 Å². The molecule has 0 amide bonds. The molecule has 0 bridgehead atoms. The van der Waals surface area contributed by atoms with Crippen LogP contribution in [-0.4, -0.2) is 77.1 Å². The summed E-state index contributed by atoms with van der Waals surface area (Å²) in [6.45, 7) is 6.44. The number of ether oxygens (including phenoxy) is 6. The van der Waals surface area contributed by atoms with E-state index in [4.69, 9.17) is 34.2 Å². The molecule has 1 rings (SSSR count). The van der Waals surface area contributed by atoms with Crippen molar-refractivity contribution in [3.05, 3.63) is 24.3 Å². The van der Waals surface area contributed by atoms with Crippen molar-refractivity contribution in [3.8, 4) is 5.75 Å². The van der Waals surface area contributed by atoms with Crippen molar-refractivity contribution >= 4 is 28.3 Å². The van der Waals surface area contributed by atoms with E-state index in [0.717, 1.165) is 24.5 Å². The summed E-state index contributed by atoms with van der Waals surface area (Å²) in [6.07, 6.45) is 5.01. The number of halogens is 1. The second kappa shape index (κ2) is 21.6. The van der Waals surface area contributed by atoms with Crippen LogP contribution in [0.25, 0.3) is 0 Å². The maximum absolute atomic E-state index is 5.62. The zero-order valence-corrected chi connectivity index (χ0v) is 20.2. The summed E-state index contributed by atoms with van der Waals surface area (Å²) < 4.78 is 34.2. The lowest BCUT2D eigenvalue weighted by molar-refractivity contribution is -0.0128. The van der Waals surface area contributed by atoms with Gasteiger partial charge in [-0.05, 0) is 41.5 Å². The molecule has 0 radical (unpaired) electrons. The van der Waals surface area contributed by atoms with Gasteiger partial charge in [-0.1, -0.05) is 35.4 Å². The van der Waals surface area contributed by atoms with Crippen LogP contribution in [0.5, 0.6) is 5.75 Å². The van der Waals surface area contributed by atoms with Crippen LogP contribution in [0.1, 0.15) is 25.7 Å². The summed E-state index contributed by atoms with van der Waals surface area (Å²) >= 11 is 2.42. The van der Waals surface area contributed by atoms with Gasteiger partial charge in [-0.25, -0.2) is 0 Å². The quantitative estimate of drug-likeness (QED) is 0.104. The van der Waals surface area contributed by atoms with Gasteiger partial charge >= 0.3 is 0 Å². The van der Waals surface area contributed by atoms with Crippen LogP contribution in [0.15, 0.2) is 24.3 Å². The van der Waals surface area contributed by atoms with Gasteiger partial charge < -0.3 is 34.2 Å². The number of rotatable bonds is 22. The minimum absolute atomic E-state index is 0.497. The first-order valence-corrected chi connectivity index (χ1v) is 12.3. The summed E-state index contributed by atoms with van der Waals surface area (Å²) in [6, 6.07) is 7.30. The highest BCUT2D eigenvalue weighted by Gasteiger charge is 1.96. The molecule has 0 aliphatic rings. The number of nitrogens with two attached hydrogens (primary N) is 1. The minimum atomic E-state index is 0.497. The van der Waals surface area contributed by atoms with Crippen molar-refractivity contribution in [1.29, 1.82) is 0 Å². The summed E-state index contributed by atoms with van der Waals surface area (Å²) in [5, 5.41) is 0. The van der Waals surface area contributed by atoms with Crippen molar-refractivity contribution < 1.29 is 28.4 Å². The van der Waals surface area contributed by atoms with Gasteiger partial charge in [-0.3, -0.25) is 0 Å². The molecule has 0 spiro atoms. The Kier molecular flexibility index (Phi) is 19.7. The number of alkyl halides is 1. The molecule has 30 heavy (non-hydrogen) atoms. The standard InChI is InChI=1S/C22H38INO6/c23-9-3-1-2-4-10-25-11-12-26-13-14-27-15-16-28-17-18-29-19-20-30-22-7-5-21(24)6-8-22/h5-8H,1-4,9-20,24H2. The Labute approximate surface area is 195 Å². The molecular formula is C22H38INO6. The van der Waals surface area contributed by atoms with E-state index in [-0.39, 0.29) is 0 Å². The third kappa shape index (κ3) is 18.1. The van der Waals surface area contributed by atoms with Crippen molar-refractivity contribution in [1.82, 2.24) is 0 Å². The van der Waals surface area contributed by atoms with Crippen LogP contribution < -0.4 is 10.5 Å². The summed E-state index contributed by atoms with van der Waals surface area (Å²) in [5.74, 6) is 0.787. The molecule has 174 valence electrons. The molecule has 0 aliphatic heterocycles. The average molecular weight is 539 g/mol. The van der Waals surface area contributed by atoms with Gasteiger partial charge in [0, 0.05) is 12.3 Å². The van der Waals surface area contributed by atoms with Crippen LogP contribution in [-0.2, 0) is 23.7 Å².